The van der Waals surface area contributed by atoms with Crippen LogP contribution in [-0.4, -0.2) is 33.9 Å². The van der Waals surface area contributed by atoms with Gasteiger partial charge in [-0.1, -0.05) is 36.4 Å². The van der Waals surface area contributed by atoms with E-state index < -0.39 is 6.10 Å². The Kier molecular flexibility index (Phi) is 7.35. The Labute approximate surface area is 170 Å². The highest BCUT2D eigenvalue weighted by molar-refractivity contribution is 5.79. The number of nitrogens with zero attached hydrogens (tertiary/aromatic N) is 3. The van der Waals surface area contributed by atoms with Gasteiger partial charge in [-0.15, -0.1) is 0 Å². The van der Waals surface area contributed by atoms with Crippen LogP contribution < -0.4 is 10.6 Å². The Morgan fingerprint density at radius 2 is 1.86 bits per heavy atom. The molecule has 3 aromatic rings. The van der Waals surface area contributed by atoms with E-state index in [4.69, 9.17) is 0 Å². The summed E-state index contributed by atoms with van der Waals surface area (Å²) in [6.07, 6.45) is 2.94. The van der Waals surface area contributed by atoms with Gasteiger partial charge >= 0.3 is 0 Å². The number of hydrogen-bond acceptors (Lipinski definition) is 3. The van der Waals surface area contributed by atoms with Gasteiger partial charge in [-0.2, -0.15) is 5.10 Å². The van der Waals surface area contributed by atoms with Crippen molar-refractivity contribution in [3.05, 3.63) is 89.5 Å². The molecule has 0 aliphatic rings. The van der Waals surface area contributed by atoms with E-state index in [2.05, 4.69) is 32.9 Å². The second kappa shape index (κ2) is 10.4. The van der Waals surface area contributed by atoms with E-state index in [0.717, 1.165) is 11.1 Å². The van der Waals surface area contributed by atoms with Gasteiger partial charge in [0.25, 0.3) is 0 Å². The Morgan fingerprint density at radius 3 is 2.55 bits per heavy atom. The molecule has 1 aromatic heterocycles. The lowest BCUT2D eigenvalue weighted by atomic mass is 10.1. The summed E-state index contributed by atoms with van der Waals surface area (Å²) in [5.41, 5.74) is 2.92. The van der Waals surface area contributed by atoms with Crippen LogP contribution in [0.2, 0.25) is 0 Å². The Hall–Kier alpha value is -3.19. The van der Waals surface area contributed by atoms with E-state index in [1.54, 1.807) is 18.3 Å². The Bertz CT molecular complexity index is 909. The summed E-state index contributed by atoms with van der Waals surface area (Å²) in [5, 5.41) is 20.9. The average molecular weight is 395 g/mol. The van der Waals surface area contributed by atoms with Crippen molar-refractivity contribution in [2.75, 3.05) is 13.1 Å². The van der Waals surface area contributed by atoms with Crippen molar-refractivity contribution >= 4 is 5.96 Å². The van der Waals surface area contributed by atoms with Gasteiger partial charge in [-0.25, -0.2) is 9.38 Å². The molecule has 0 aliphatic carbocycles. The maximum Gasteiger partial charge on any atom is 0.191 e. The van der Waals surface area contributed by atoms with Gasteiger partial charge in [0.1, 0.15) is 5.82 Å². The van der Waals surface area contributed by atoms with Gasteiger partial charge < -0.3 is 15.7 Å². The van der Waals surface area contributed by atoms with Crippen molar-refractivity contribution in [1.29, 1.82) is 0 Å². The zero-order chi connectivity index (χ0) is 20.5. The molecule has 0 saturated heterocycles. The molecule has 3 N–H and O–H groups in total. The van der Waals surface area contributed by atoms with Crippen LogP contribution in [0.3, 0.4) is 0 Å². The van der Waals surface area contributed by atoms with Crippen LogP contribution in [0.25, 0.3) is 0 Å². The van der Waals surface area contributed by atoms with E-state index in [0.29, 0.717) is 31.2 Å². The largest absolute Gasteiger partial charge is 0.387 e. The van der Waals surface area contributed by atoms with Gasteiger partial charge in [0.2, 0.25) is 0 Å². The zero-order valence-electron chi connectivity index (χ0n) is 16.4. The molecule has 3 rings (SSSR count). The third kappa shape index (κ3) is 6.15. The second-order valence-corrected chi connectivity index (χ2v) is 6.62. The first-order valence-corrected chi connectivity index (χ1v) is 9.65. The molecular weight excluding hydrogens is 369 g/mol. The molecule has 0 amide bonds. The van der Waals surface area contributed by atoms with Crippen LogP contribution >= 0.6 is 0 Å². The second-order valence-electron chi connectivity index (χ2n) is 6.62. The number of aromatic nitrogens is 2. The van der Waals surface area contributed by atoms with Gasteiger partial charge in [-0.05, 0) is 41.8 Å². The highest BCUT2D eigenvalue weighted by atomic mass is 19.1. The SMILES string of the molecule is CCNC(=NCc1ccccc1Cn1cccn1)NCC(O)c1ccc(F)cc1. The van der Waals surface area contributed by atoms with Crippen LogP contribution in [0, 0.1) is 5.82 Å². The van der Waals surface area contributed by atoms with E-state index in [1.165, 1.54) is 12.1 Å². The fourth-order valence-electron chi connectivity index (χ4n) is 2.94. The number of aliphatic hydroxyl groups excluding tert-OH is 1. The molecule has 0 aliphatic heterocycles. The molecule has 6 nitrogen and oxygen atoms in total. The first-order chi connectivity index (χ1) is 14.2. The minimum Gasteiger partial charge on any atom is -0.387 e. The molecule has 29 heavy (non-hydrogen) atoms. The highest BCUT2D eigenvalue weighted by Crippen LogP contribution is 2.13. The summed E-state index contributed by atoms with van der Waals surface area (Å²) in [5.74, 6) is 0.292. The normalized spacial score (nSPS) is 12.6. The minimum atomic E-state index is -0.758. The summed E-state index contributed by atoms with van der Waals surface area (Å²) in [6, 6.07) is 15.9. The van der Waals surface area contributed by atoms with Crippen LogP contribution in [-0.2, 0) is 13.1 Å². The lowest BCUT2D eigenvalue weighted by Gasteiger charge is -2.16. The first-order valence-electron chi connectivity index (χ1n) is 9.65. The van der Waals surface area contributed by atoms with Crippen molar-refractivity contribution < 1.29 is 9.50 Å². The van der Waals surface area contributed by atoms with Crippen LogP contribution in [0.15, 0.2) is 72.0 Å². The monoisotopic (exact) mass is 395 g/mol. The molecular formula is C22H26FN5O. The summed E-state index contributed by atoms with van der Waals surface area (Å²) in [6.45, 7) is 4.14. The molecule has 152 valence electrons. The Balaban J connectivity index is 1.64. The van der Waals surface area contributed by atoms with E-state index in [9.17, 15) is 9.50 Å². The number of nitrogens with one attached hydrogen (secondary N) is 2. The third-order valence-electron chi connectivity index (χ3n) is 4.48. The fraction of sp³-hybridized carbons (Fsp3) is 0.273. The third-order valence-corrected chi connectivity index (χ3v) is 4.48. The molecule has 7 heteroatoms. The average Bonchev–Trinajstić information content (AvgIpc) is 3.24. The van der Waals surface area contributed by atoms with Crippen molar-refractivity contribution in [3.8, 4) is 0 Å². The van der Waals surface area contributed by atoms with Crippen LogP contribution in [0.4, 0.5) is 4.39 Å². The minimum absolute atomic E-state index is 0.270. The first kappa shape index (κ1) is 20.5. The number of hydrogen-bond donors (Lipinski definition) is 3. The number of rotatable bonds is 8. The topological polar surface area (TPSA) is 74.5 Å². The number of aliphatic imine (C=N–C) groups is 1. The van der Waals surface area contributed by atoms with E-state index >= 15 is 0 Å². The molecule has 0 bridgehead atoms. The lowest BCUT2D eigenvalue weighted by molar-refractivity contribution is 0.180. The summed E-state index contributed by atoms with van der Waals surface area (Å²) < 4.78 is 14.9. The van der Waals surface area contributed by atoms with Crippen LogP contribution in [0.1, 0.15) is 29.7 Å². The quantitative estimate of drug-likeness (QED) is 0.405. The molecule has 0 radical (unpaired) electrons. The van der Waals surface area contributed by atoms with Crippen molar-refractivity contribution in [2.45, 2.75) is 26.1 Å². The maximum absolute atomic E-state index is 13.0. The molecule has 0 spiro atoms. The van der Waals surface area contributed by atoms with Crippen molar-refractivity contribution in [1.82, 2.24) is 20.4 Å². The van der Waals surface area contributed by atoms with Crippen molar-refractivity contribution in [3.63, 3.8) is 0 Å². The number of aliphatic hydroxyl groups is 1. The summed E-state index contributed by atoms with van der Waals surface area (Å²) in [4.78, 5) is 4.65. The number of guanidine groups is 1. The predicted molar refractivity (Wildman–Crippen MR) is 112 cm³/mol. The molecule has 0 fully saturated rings. The predicted octanol–water partition coefficient (Wildman–Crippen LogP) is 2.86. The van der Waals surface area contributed by atoms with Crippen molar-refractivity contribution in [2.24, 2.45) is 4.99 Å². The standard InChI is InChI=1S/C22H26FN5O/c1-2-24-22(26-15-21(29)17-8-10-20(23)11-9-17)25-14-18-6-3-4-7-19(18)16-28-13-5-12-27-28/h3-13,21,29H,2,14-16H2,1H3,(H2,24,25,26). The van der Waals surface area contributed by atoms with E-state index in [1.807, 2.05) is 36.0 Å². The van der Waals surface area contributed by atoms with Gasteiger partial charge in [0.05, 0.1) is 19.2 Å². The van der Waals surface area contributed by atoms with E-state index in [-0.39, 0.29) is 12.4 Å². The molecule has 1 unspecified atom stereocenters. The smallest absolute Gasteiger partial charge is 0.191 e. The highest BCUT2D eigenvalue weighted by Gasteiger charge is 2.09. The van der Waals surface area contributed by atoms with Gasteiger partial charge in [0, 0.05) is 25.5 Å². The molecule has 2 aromatic carbocycles. The maximum atomic E-state index is 13.0. The number of benzene rings is 2. The van der Waals surface area contributed by atoms with Gasteiger partial charge in [-0.3, -0.25) is 4.68 Å². The molecule has 1 atom stereocenters. The molecule has 1 heterocycles. The van der Waals surface area contributed by atoms with Crippen LogP contribution in [0.5, 0.6) is 0 Å². The molecule has 0 saturated carbocycles. The summed E-state index contributed by atoms with van der Waals surface area (Å²) >= 11 is 0. The van der Waals surface area contributed by atoms with Gasteiger partial charge in [0.15, 0.2) is 5.96 Å². The fourth-order valence-corrected chi connectivity index (χ4v) is 2.94. The zero-order valence-corrected chi connectivity index (χ0v) is 16.4. The lowest BCUT2D eigenvalue weighted by Crippen LogP contribution is -2.39. The Morgan fingerprint density at radius 1 is 1.10 bits per heavy atom. The number of halogens is 1. The summed E-state index contributed by atoms with van der Waals surface area (Å²) in [7, 11) is 0.